The van der Waals surface area contributed by atoms with E-state index < -0.39 is 51.5 Å². The molecule has 2 rings (SSSR count). The van der Waals surface area contributed by atoms with E-state index in [1.807, 2.05) is 0 Å². The van der Waals surface area contributed by atoms with Crippen molar-refractivity contribution in [2.75, 3.05) is 30.8 Å². The van der Waals surface area contributed by atoms with Crippen molar-refractivity contribution in [2.45, 2.75) is 11.8 Å². The highest BCUT2D eigenvalue weighted by atomic mass is 32.2. The van der Waals surface area contributed by atoms with E-state index >= 15 is 0 Å². The molecule has 176 valence electrons. The molecule has 0 saturated heterocycles. The summed E-state index contributed by atoms with van der Waals surface area (Å²) >= 11 is 0. The van der Waals surface area contributed by atoms with Crippen LogP contribution in [0.4, 0.5) is 21.5 Å². The van der Waals surface area contributed by atoms with Gasteiger partial charge in [-0.05, 0) is 36.4 Å². The summed E-state index contributed by atoms with van der Waals surface area (Å²) in [7, 11) is -2.95. The molecule has 0 heterocycles. The summed E-state index contributed by atoms with van der Waals surface area (Å²) in [5, 5.41) is 15.5. The number of esters is 1. The maximum atomic E-state index is 13.2. The average Bonchev–Trinajstić information content (AvgIpc) is 2.73. The topological polar surface area (TPSA) is 165 Å². The molecule has 0 aliphatic rings. The molecule has 0 radical (unpaired) electrons. The van der Waals surface area contributed by atoms with Gasteiger partial charge in [-0.1, -0.05) is 0 Å². The molecule has 33 heavy (non-hydrogen) atoms. The predicted molar refractivity (Wildman–Crippen MR) is 113 cm³/mol. The summed E-state index contributed by atoms with van der Waals surface area (Å²) in [4.78, 5) is 44.8. The van der Waals surface area contributed by atoms with Crippen molar-refractivity contribution in [2.24, 2.45) is 0 Å². The van der Waals surface area contributed by atoms with Gasteiger partial charge in [0.25, 0.3) is 11.6 Å². The Kier molecular flexibility index (Phi) is 8.15. The first-order chi connectivity index (χ1) is 15.4. The smallest absolute Gasteiger partial charge is 0.321 e. The summed E-state index contributed by atoms with van der Waals surface area (Å²) in [6.45, 7) is -0.280. The summed E-state index contributed by atoms with van der Waals surface area (Å²) < 4.78 is 43.7. The van der Waals surface area contributed by atoms with Crippen molar-refractivity contribution in [1.29, 1.82) is 0 Å². The molecule has 0 bridgehead atoms. The van der Waals surface area contributed by atoms with Crippen LogP contribution in [0.5, 0.6) is 0 Å². The van der Waals surface area contributed by atoms with E-state index in [0.29, 0.717) is 16.1 Å². The number of hydrogen-bond acceptors (Lipinski definition) is 8. The molecule has 12 nitrogen and oxygen atoms in total. The minimum atomic E-state index is -4.08. The van der Waals surface area contributed by atoms with Crippen molar-refractivity contribution >= 4 is 44.9 Å². The maximum absolute atomic E-state index is 13.2. The Morgan fingerprint density at radius 2 is 1.76 bits per heavy atom. The number of hydrogen-bond donors (Lipinski definition) is 2. The number of likely N-dealkylation sites (N-methyl/N-ethyl adjacent to an activating group) is 1. The van der Waals surface area contributed by atoms with Gasteiger partial charge in [0.1, 0.15) is 18.0 Å². The number of ether oxygens (including phenoxy) is 1. The molecular weight excluding hydrogens is 463 g/mol. The molecule has 2 amide bonds. The summed E-state index contributed by atoms with van der Waals surface area (Å²) in [6.07, 6.45) is 0. The minimum Gasteiger partial charge on any atom is -0.455 e. The zero-order valence-corrected chi connectivity index (χ0v) is 18.2. The zero-order chi connectivity index (χ0) is 24.8. The number of nitrogens with one attached hydrogen (secondary N) is 2. The zero-order valence-electron chi connectivity index (χ0n) is 17.4. The molecule has 0 aliphatic carbocycles. The molecule has 0 aromatic heterocycles. The van der Waals surface area contributed by atoms with Gasteiger partial charge in [-0.25, -0.2) is 12.8 Å². The van der Waals surface area contributed by atoms with Crippen molar-refractivity contribution in [1.82, 2.24) is 4.31 Å². The average molecular weight is 482 g/mol. The van der Waals surface area contributed by atoms with E-state index in [2.05, 4.69) is 10.6 Å². The summed E-state index contributed by atoms with van der Waals surface area (Å²) in [5.41, 5.74) is -0.606. The highest BCUT2D eigenvalue weighted by Crippen LogP contribution is 2.25. The lowest BCUT2D eigenvalue weighted by atomic mass is 10.2. The Morgan fingerprint density at radius 3 is 2.33 bits per heavy atom. The number of carbonyl (C=O) groups excluding carboxylic acids is 3. The Hall–Kier alpha value is -3.91. The number of nitro groups is 1. The van der Waals surface area contributed by atoms with Crippen LogP contribution in [0.25, 0.3) is 0 Å². The van der Waals surface area contributed by atoms with Crippen LogP contribution < -0.4 is 10.6 Å². The molecule has 2 aromatic carbocycles. The second-order valence-corrected chi connectivity index (χ2v) is 8.64. The maximum Gasteiger partial charge on any atom is 0.321 e. The van der Waals surface area contributed by atoms with Gasteiger partial charge in [0.15, 0.2) is 6.61 Å². The number of sulfonamides is 1. The fraction of sp³-hybridized carbons (Fsp3) is 0.211. The lowest BCUT2D eigenvalue weighted by Gasteiger charge is -2.16. The number of nitro benzene ring substituents is 1. The molecular formula is C19H19FN4O8S. The highest BCUT2D eigenvalue weighted by molar-refractivity contribution is 7.89. The van der Waals surface area contributed by atoms with Crippen molar-refractivity contribution in [3.05, 3.63) is 58.4 Å². The number of anilines is 2. The number of benzene rings is 2. The Labute approximate surface area is 187 Å². The van der Waals surface area contributed by atoms with E-state index in [1.165, 1.54) is 31.2 Å². The number of halogens is 1. The molecule has 0 fully saturated rings. The lowest BCUT2D eigenvalue weighted by molar-refractivity contribution is -0.384. The second kappa shape index (κ2) is 10.6. The predicted octanol–water partition coefficient (Wildman–Crippen LogP) is 1.49. The van der Waals surface area contributed by atoms with Gasteiger partial charge in [-0.2, -0.15) is 4.31 Å². The fourth-order valence-corrected chi connectivity index (χ4v) is 3.62. The van der Waals surface area contributed by atoms with Gasteiger partial charge in [0.2, 0.25) is 15.9 Å². The molecule has 0 spiro atoms. The monoisotopic (exact) mass is 482 g/mol. The van der Waals surface area contributed by atoms with Crippen LogP contribution in [0.1, 0.15) is 6.92 Å². The van der Waals surface area contributed by atoms with Gasteiger partial charge in [0.05, 0.1) is 15.9 Å². The largest absolute Gasteiger partial charge is 0.455 e. The van der Waals surface area contributed by atoms with Crippen molar-refractivity contribution in [3.8, 4) is 0 Å². The van der Waals surface area contributed by atoms with Gasteiger partial charge in [0, 0.05) is 19.7 Å². The van der Waals surface area contributed by atoms with E-state index in [1.54, 1.807) is 0 Å². The fourth-order valence-electron chi connectivity index (χ4n) is 2.50. The van der Waals surface area contributed by atoms with Crippen LogP contribution in [0, 0.1) is 15.9 Å². The van der Waals surface area contributed by atoms with Gasteiger partial charge < -0.3 is 15.4 Å². The Balaban J connectivity index is 1.94. The van der Waals surface area contributed by atoms with Crippen LogP contribution in [-0.2, 0) is 29.1 Å². The van der Waals surface area contributed by atoms with Crippen LogP contribution in [0.2, 0.25) is 0 Å². The molecule has 14 heteroatoms. The van der Waals surface area contributed by atoms with E-state index in [-0.39, 0.29) is 16.5 Å². The summed E-state index contributed by atoms with van der Waals surface area (Å²) in [5.74, 6) is -3.21. The number of nitrogens with zero attached hydrogens (tertiary/aromatic N) is 2. The molecule has 2 N–H and O–H groups in total. The number of amides is 2. The molecule has 0 atom stereocenters. The lowest BCUT2D eigenvalue weighted by Crippen LogP contribution is -2.34. The third kappa shape index (κ3) is 7.05. The van der Waals surface area contributed by atoms with Gasteiger partial charge in [-0.3, -0.25) is 24.5 Å². The quantitative estimate of drug-likeness (QED) is 0.308. The first-order valence-electron chi connectivity index (χ1n) is 9.13. The van der Waals surface area contributed by atoms with Gasteiger partial charge in [-0.15, -0.1) is 0 Å². The van der Waals surface area contributed by atoms with Crippen LogP contribution >= 0.6 is 0 Å². The summed E-state index contributed by atoms with van der Waals surface area (Å²) in [6, 6.07) is 7.72. The molecule has 0 saturated carbocycles. The molecule has 0 unspecified atom stereocenters. The molecule has 2 aromatic rings. The van der Waals surface area contributed by atoms with E-state index in [4.69, 9.17) is 4.74 Å². The van der Waals surface area contributed by atoms with Crippen molar-refractivity contribution in [3.63, 3.8) is 0 Å². The molecule has 0 aliphatic heterocycles. The van der Waals surface area contributed by atoms with Crippen molar-refractivity contribution < 1.29 is 36.9 Å². The van der Waals surface area contributed by atoms with Crippen LogP contribution in [0.15, 0.2) is 47.4 Å². The normalized spacial score (nSPS) is 11.0. The van der Waals surface area contributed by atoms with Crippen LogP contribution in [-0.4, -0.2) is 55.6 Å². The Morgan fingerprint density at radius 1 is 1.12 bits per heavy atom. The van der Waals surface area contributed by atoms with Crippen LogP contribution in [0.3, 0.4) is 0 Å². The number of carbonyl (C=O) groups is 3. The number of rotatable bonds is 9. The standard InChI is InChI=1S/C19H19FN4O8S/c1-12(25)21-14-4-6-15(7-5-14)33(30,31)23(2)10-19(27)32-11-18(26)22-16-8-3-13(20)9-17(16)24(28)29/h3-9H,10-11H2,1-2H3,(H,21,25)(H,22,26). The highest BCUT2D eigenvalue weighted by Gasteiger charge is 2.24. The first-order valence-corrected chi connectivity index (χ1v) is 10.6. The van der Waals surface area contributed by atoms with E-state index in [9.17, 15) is 37.3 Å². The minimum absolute atomic E-state index is 0.145. The second-order valence-electron chi connectivity index (χ2n) is 6.59. The van der Waals surface area contributed by atoms with E-state index in [0.717, 1.165) is 19.2 Å². The third-order valence-electron chi connectivity index (χ3n) is 4.03. The Bertz CT molecular complexity index is 1180. The first kappa shape index (κ1) is 25.4. The van der Waals surface area contributed by atoms with Gasteiger partial charge >= 0.3 is 5.97 Å². The SMILES string of the molecule is CC(=O)Nc1ccc(S(=O)(=O)N(C)CC(=O)OCC(=O)Nc2ccc(F)cc2[N+](=O)[O-])cc1. The third-order valence-corrected chi connectivity index (χ3v) is 5.85.